The third-order valence-electron chi connectivity index (χ3n) is 0.854. The number of halogens is 4. The maximum Gasteiger partial charge on any atom is 0.283 e. The molecular formula is C3H2Cl2F2. The molecule has 0 atom stereocenters. The highest BCUT2D eigenvalue weighted by atomic mass is 35.5. The molecule has 0 bridgehead atoms. The van der Waals surface area contributed by atoms with Crippen LogP contribution in [0.3, 0.4) is 0 Å². The summed E-state index contributed by atoms with van der Waals surface area (Å²) in [6.07, 6.45) is -0.400. The molecule has 7 heavy (non-hydrogen) atoms. The van der Waals surface area contributed by atoms with Crippen molar-refractivity contribution in [2.24, 2.45) is 0 Å². The monoisotopic (exact) mass is 146 g/mol. The molecule has 0 nitrogen and oxygen atoms in total. The Morgan fingerprint density at radius 2 is 1.43 bits per heavy atom. The van der Waals surface area contributed by atoms with Crippen LogP contribution in [-0.2, 0) is 0 Å². The van der Waals surface area contributed by atoms with Crippen molar-refractivity contribution in [1.82, 2.24) is 0 Å². The summed E-state index contributed by atoms with van der Waals surface area (Å²) in [4.78, 5) is 0. The van der Waals surface area contributed by atoms with Crippen LogP contribution >= 0.6 is 23.2 Å². The van der Waals surface area contributed by atoms with Gasteiger partial charge in [0.05, 0.1) is 6.42 Å². The third kappa shape index (κ3) is 0.703. The normalized spacial score (nSPS) is 32.6. The van der Waals surface area contributed by atoms with Gasteiger partial charge in [0.25, 0.3) is 5.92 Å². The minimum Gasteiger partial charge on any atom is -0.203 e. The van der Waals surface area contributed by atoms with E-state index in [0.29, 0.717) is 0 Å². The summed E-state index contributed by atoms with van der Waals surface area (Å²) in [6.45, 7) is 0. The Bertz CT molecular complexity index is 87.1. The van der Waals surface area contributed by atoms with E-state index < -0.39 is 16.7 Å². The van der Waals surface area contributed by atoms with Gasteiger partial charge in [-0.05, 0) is 0 Å². The smallest absolute Gasteiger partial charge is 0.203 e. The molecule has 0 saturated heterocycles. The van der Waals surface area contributed by atoms with E-state index >= 15 is 0 Å². The quantitative estimate of drug-likeness (QED) is 0.460. The van der Waals surface area contributed by atoms with Gasteiger partial charge in [0, 0.05) is 0 Å². The van der Waals surface area contributed by atoms with Crippen molar-refractivity contribution in [3.05, 3.63) is 0 Å². The average Bonchev–Trinajstić information content (AvgIpc) is 1.63. The lowest BCUT2D eigenvalue weighted by Crippen LogP contribution is -1.99. The largest absolute Gasteiger partial charge is 0.283 e. The lowest BCUT2D eigenvalue weighted by Gasteiger charge is -1.90. The van der Waals surface area contributed by atoms with Crippen molar-refractivity contribution < 1.29 is 8.78 Å². The standard InChI is InChI=1S/C3H2Cl2F2/c4-2(5)1-3(2,6)7/h1H2. The Morgan fingerprint density at radius 3 is 1.43 bits per heavy atom. The summed E-state index contributed by atoms with van der Waals surface area (Å²) in [6, 6.07) is 0. The van der Waals surface area contributed by atoms with Gasteiger partial charge in [-0.1, -0.05) is 23.2 Å². The summed E-state index contributed by atoms with van der Waals surface area (Å²) in [5, 5.41) is 0. The van der Waals surface area contributed by atoms with Gasteiger partial charge in [0.1, 0.15) is 0 Å². The minimum atomic E-state index is -2.82. The molecule has 1 saturated carbocycles. The zero-order valence-corrected chi connectivity index (χ0v) is 4.73. The maximum absolute atomic E-state index is 11.6. The van der Waals surface area contributed by atoms with Gasteiger partial charge >= 0.3 is 0 Å². The first-order valence-corrected chi connectivity index (χ1v) is 2.47. The maximum atomic E-state index is 11.6. The van der Waals surface area contributed by atoms with Crippen LogP contribution < -0.4 is 0 Å². The highest BCUT2D eigenvalue weighted by Gasteiger charge is 2.70. The van der Waals surface area contributed by atoms with Crippen LogP contribution in [0.25, 0.3) is 0 Å². The zero-order chi connectivity index (χ0) is 5.71. The Hall–Kier alpha value is 0.440. The fourth-order valence-corrected chi connectivity index (χ4v) is 0.570. The molecule has 4 heteroatoms. The number of hydrogen-bond acceptors (Lipinski definition) is 0. The van der Waals surface area contributed by atoms with Crippen LogP contribution in [0.15, 0.2) is 0 Å². The van der Waals surface area contributed by atoms with Gasteiger partial charge < -0.3 is 0 Å². The van der Waals surface area contributed by atoms with Gasteiger partial charge in [-0.3, -0.25) is 0 Å². The molecule has 42 valence electrons. The van der Waals surface area contributed by atoms with E-state index in [9.17, 15) is 8.78 Å². The molecule has 0 amide bonds. The first kappa shape index (κ1) is 5.57. The lowest BCUT2D eigenvalue weighted by atomic mass is 10.8. The van der Waals surface area contributed by atoms with Gasteiger partial charge in [-0.25, -0.2) is 8.78 Å². The van der Waals surface area contributed by atoms with Crippen LogP contribution in [0.5, 0.6) is 0 Å². The van der Waals surface area contributed by atoms with Gasteiger partial charge in [0.15, 0.2) is 4.33 Å². The summed E-state index contributed by atoms with van der Waals surface area (Å²) >= 11 is 9.90. The van der Waals surface area contributed by atoms with E-state index in [-0.39, 0.29) is 0 Å². The Balaban J connectivity index is 2.59. The topological polar surface area (TPSA) is 0 Å². The highest BCUT2D eigenvalue weighted by molar-refractivity contribution is 6.51. The number of rotatable bonds is 0. The van der Waals surface area contributed by atoms with E-state index in [1.165, 1.54) is 0 Å². The second kappa shape index (κ2) is 1.06. The highest BCUT2D eigenvalue weighted by Crippen LogP contribution is 2.60. The second-order valence-electron chi connectivity index (χ2n) is 1.59. The fraction of sp³-hybridized carbons (Fsp3) is 1.00. The number of hydrogen-bond donors (Lipinski definition) is 0. The van der Waals surface area contributed by atoms with Gasteiger partial charge in [-0.2, -0.15) is 0 Å². The zero-order valence-electron chi connectivity index (χ0n) is 3.22. The molecule has 0 unspecified atom stereocenters. The molecule has 0 spiro atoms. The predicted molar refractivity (Wildman–Crippen MR) is 24.0 cm³/mol. The number of alkyl halides is 4. The molecule has 0 radical (unpaired) electrons. The Labute approximate surface area is 49.4 Å². The van der Waals surface area contributed by atoms with E-state index in [1.807, 2.05) is 0 Å². The molecule has 0 N–H and O–H groups in total. The Morgan fingerprint density at radius 1 is 1.29 bits per heavy atom. The molecule has 1 aliphatic carbocycles. The second-order valence-corrected chi connectivity index (χ2v) is 3.07. The molecule has 1 fully saturated rings. The summed E-state index contributed by atoms with van der Waals surface area (Å²) < 4.78 is 21.5. The van der Waals surface area contributed by atoms with E-state index in [0.717, 1.165) is 0 Å². The van der Waals surface area contributed by atoms with Crippen molar-refractivity contribution in [1.29, 1.82) is 0 Å². The fourth-order valence-electron chi connectivity index (χ4n) is 0.235. The first-order valence-electron chi connectivity index (χ1n) is 1.71. The van der Waals surface area contributed by atoms with Crippen LogP contribution in [0.1, 0.15) is 6.42 Å². The van der Waals surface area contributed by atoms with Crippen LogP contribution in [0.4, 0.5) is 8.78 Å². The molecule has 0 aromatic heterocycles. The van der Waals surface area contributed by atoms with E-state index in [4.69, 9.17) is 23.2 Å². The van der Waals surface area contributed by atoms with Crippen LogP contribution in [0, 0.1) is 0 Å². The van der Waals surface area contributed by atoms with Crippen molar-refractivity contribution in [2.75, 3.05) is 0 Å². The van der Waals surface area contributed by atoms with E-state index in [1.54, 1.807) is 0 Å². The average molecular weight is 147 g/mol. The van der Waals surface area contributed by atoms with Crippen LogP contribution in [-0.4, -0.2) is 10.3 Å². The molecule has 0 aliphatic heterocycles. The summed E-state index contributed by atoms with van der Waals surface area (Å²) in [7, 11) is 0. The van der Waals surface area contributed by atoms with Crippen LogP contribution in [0.2, 0.25) is 0 Å². The first-order chi connectivity index (χ1) is 2.96. The van der Waals surface area contributed by atoms with Gasteiger partial charge in [-0.15, -0.1) is 0 Å². The molecule has 0 heterocycles. The van der Waals surface area contributed by atoms with Gasteiger partial charge in [0.2, 0.25) is 0 Å². The molecule has 1 aliphatic rings. The van der Waals surface area contributed by atoms with E-state index in [2.05, 4.69) is 0 Å². The minimum absolute atomic E-state index is 0.400. The van der Waals surface area contributed by atoms with Crippen molar-refractivity contribution in [3.63, 3.8) is 0 Å². The van der Waals surface area contributed by atoms with Crippen molar-refractivity contribution >= 4 is 23.2 Å². The SMILES string of the molecule is FC1(F)CC1(Cl)Cl. The lowest BCUT2D eigenvalue weighted by molar-refractivity contribution is 0.116. The molecule has 0 aromatic carbocycles. The van der Waals surface area contributed by atoms with Crippen molar-refractivity contribution in [3.8, 4) is 0 Å². The predicted octanol–water partition coefficient (Wildman–Crippen LogP) is 2.20. The van der Waals surface area contributed by atoms with Crippen molar-refractivity contribution in [2.45, 2.75) is 16.7 Å². The molecule has 1 rings (SSSR count). The summed E-state index contributed by atoms with van der Waals surface area (Å²) in [5.41, 5.74) is 0. The third-order valence-corrected chi connectivity index (χ3v) is 1.67. The molecule has 0 aromatic rings. The Kier molecular flexibility index (Phi) is 0.840. The molecular weight excluding hydrogens is 145 g/mol. The summed E-state index contributed by atoms with van der Waals surface area (Å²) in [5.74, 6) is -2.82.